The molecule has 1 rings (SSSR count). The maximum atomic E-state index is 12.2. The number of benzene rings is 1. The summed E-state index contributed by atoms with van der Waals surface area (Å²) in [5.41, 5.74) is 0.500. The van der Waals surface area contributed by atoms with Crippen LogP contribution in [0.5, 0.6) is 0 Å². The lowest BCUT2D eigenvalue weighted by Gasteiger charge is -2.22. The van der Waals surface area contributed by atoms with Crippen molar-refractivity contribution in [1.82, 2.24) is 5.32 Å². The monoisotopic (exact) mass is 327 g/mol. The average Bonchev–Trinajstić information content (AvgIpc) is 2.43. The van der Waals surface area contributed by atoms with Gasteiger partial charge in [-0.3, -0.25) is 4.79 Å². The first kappa shape index (κ1) is 15.7. The zero-order valence-electron chi connectivity index (χ0n) is 11.3. The first-order valence-electron chi connectivity index (χ1n) is 6.14. The lowest BCUT2D eigenvalue weighted by Crippen LogP contribution is -2.45. The molecule has 0 heterocycles. The first-order valence-corrected chi connectivity index (χ1v) is 6.93. The number of carbonyl (C=O) groups is 2. The molecule has 19 heavy (non-hydrogen) atoms. The van der Waals surface area contributed by atoms with Gasteiger partial charge in [-0.1, -0.05) is 32.4 Å². The fourth-order valence-electron chi connectivity index (χ4n) is 1.66. The maximum absolute atomic E-state index is 12.2. The molecule has 0 spiro atoms. The van der Waals surface area contributed by atoms with Crippen LogP contribution in [0.25, 0.3) is 0 Å². The van der Waals surface area contributed by atoms with Crippen LogP contribution >= 0.6 is 15.9 Å². The quantitative estimate of drug-likeness (QED) is 0.846. The van der Waals surface area contributed by atoms with Crippen molar-refractivity contribution in [2.75, 3.05) is 7.11 Å². The molecule has 5 heteroatoms. The highest BCUT2D eigenvalue weighted by molar-refractivity contribution is 9.10. The Morgan fingerprint density at radius 2 is 2.00 bits per heavy atom. The number of ether oxygens (including phenoxy) is 1. The van der Waals surface area contributed by atoms with E-state index in [1.54, 1.807) is 18.2 Å². The van der Waals surface area contributed by atoms with Gasteiger partial charge in [0.1, 0.15) is 6.04 Å². The second kappa shape index (κ2) is 7.28. The largest absolute Gasteiger partial charge is 0.467 e. The molecule has 2 atom stereocenters. The molecule has 0 aliphatic heterocycles. The van der Waals surface area contributed by atoms with E-state index in [1.165, 1.54) is 7.11 Å². The predicted octanol–water partition coefficient (Wildman–Crippen LogP) is 2.77. The van der Waals surface area contributed by atoms with Crippen molar-refractivity contribution in [2.45, 2.75) is 26.3 Å². The number of amides is 1. The zero-order valence-corrected chi connectivity index (χ0v) is 12.9. The molecule has 104 valence electrons. The summed E-state index contributed by atoms with van der Waals surface area (Å²) in [6.07, 6.45) is 0.774. The molecule has 1 N–H and O–H groups in total. The van der Waals surface area contributed by atoms with Crippen molar-refractivity contribution >= 4 is 27.8 Å². The van der Waals surface area contributed by atoms with E-state index in [2.05, 4.69) is 21.2 Å². The zero-order chi connectivity index (χ0) is 14.4. The Hall–Kier alpha value is -1.36. The van der Waals surface area contributed by atoms with Crippen molar-refractivity contribution in [3.05, 3.63) is 34.3 Å². The number of halogens is 1. The molecule has 0 aliphatic rings. The molecule has 0 unspecified atom stereocenters. The molecule has 1 aromatic carbocycles. The van der Waals surface area contributed by atoms with Crippen LogP contribution < -0.4 is 5.32 Å². The number of esters is 1. The van der Waals surface area contributed by atoms with E-state index in [0.29, 0.717) is 10.0 Å². The van der Waals surface area contributed by atoms with Crippen LogP contribution in [0, 0.1) is 5.92 Å². The van der Waals surface area contributed by atoms with E-state index in [0.717, 1.165) is 6.42 Å². The first-order chi connectivity index (χ1) is 9.01. The van der Waals surface area contributed by atoms with Gasteiger partial charge in [-0.05, 0) is 34.0 Å². The van der Waals surface area contributed by atoms with Crippen LogP contribution in [0.15, 0.2) is 28.7 Å². The Labute approximate surface area is 121 Å². The number of carbonyl (C=O) groups excluding carboxylic acids is 2. The highest BCUT2D eigenvalue weighted by Crippen LogP contribution is 2.17. The second-order valence-electron chi connectivity index (χ2n) is 4.34. The van der Waals surface area contributed by atoms with Gasteiger partial charge in [0, 0.05) is 4.47 Å². The lowest BCUT2D eigenvalue weighted by molar-refractivity contribution is -0.144. The molecule has 0 saturated heterocycles. The van der Waals surface area contributed by atoms with E-state index >= 15 is 0 Å². The maximum Gasteiger partial charge on any atom is 0.328 e. The smallest absolute Gasteiger partial charge is 0.328 e. The molecule has 1 aromatic rings. The third kappa shape index (κ3) is 4.06. The van der Waals surface area contributed by atoms with Gasteiger partial charge in [-0.15, -0.1) is 0 Å². The fourth-order valence-corrected chi connectivity index (χ4v) is 2.13. The number of methoxy groups -OCH3 is 1. The fraction of sp³-hybridized carbons (Fsp3) is 0.429. The highest BCUT2D eigenvalue weighted by atomic mass is 79.9. The van der Waals surface area contributed by atoms with E-state index < -0.39 is 12.0 Å². The van der Waals surface area contributed by atoms with Crippen molar-refractivity contribution in [3.8, 4) is 0 Å². The topological polar surface area (TPSA) is 55.4 Å². The van der Waals surface area contributed by atoms with Gasteiger partial charge >= 0.3 is 5.97 Å². The number of hydrogen-bond acceptors (Lipinski definition) is 3. The summed E-state index contributed by atoms with van der Waals surface area (Å²) in [6, 6.07) is 6.45. The third-order valence-corrected chi connectivity index (χ3v) is 3.76. The molecule has 0 saturated carbocycles. The Balaban J connectivity index is 2.88. The van der Waals surface area contributed by atoms with Crippen LogP contribution in [-0.4, -0.2) is 25.0 Å². The van der Waals surface area contributed by atoms with Crippen LogP contribution in [0.4, 0.5) is 0 Å². The normalized spacial score (nSPS) is 13.5. The van der Waals surface area contributed by atoms with Gasteiger partial charge in [-0.2, -0.15) is 0 Å². The summed E-state index contributed by atoms with van der Waals surface area (Å²) in [5.74, 6) is -0.697. The Bertz CT molecular complexity index is 462. The molecule has 0 aromatic heterocycles. The summed E-state index contributed by atoms with van der Waals surface area (Å²) in [7, 11) is 1.32. The summed E-state index contributed by atoms with van der Waals surface area (Å²) < 4.78 is 5.43. The van der Waals surface area contributed by atoms with E-state index in [4.69, 9.17) is 4.74 Å². The van der Waals surface area contributed by atoms with Gasteiger partial charge in [0.05, 0.1) is 12.7 Å². The van der Waals surface area contributed by atoms with Crippen molar-refractivity contribution < 1.29 is 14.3 Å². The van der Waals surface area contributed by atoms with E-state index in [-0.39, 0.29) is 11.8 Å². The molecule has 4 nitrogen and oxygen atoms in total. The second-order valence-corrected chi connectivity index (χ2v) is 5.19. The minimum Gasteiger partial charge on any atom is -0.467 e. The van der Waals surface area contributed by atoms with Gasteiger partial charge in [-0.25, -0.2) is 4.79 Å². The molecule has 0 radical (unpaired) electrons. The number of rotatable bonds is 5. The van der Waals surface area contributed by atoms with Crippen LogP contribution in [0.3, 0.4) is 0 Å². The minimum absolute atomic E-state index is 0.0129. The Kier molecular flexibility index (Phi) is 6.02. The Morgan fingerprint density at radius 1 is 1.37 bits per heavy atom. The van der Waals surface area contributed by atoms with Crippen molar-refractivity contribution in [2.24, 2.45) is 5.92 Å². The van der Waals surface area contributed by atoms with Crippen LogP contribution in [0.1, 0.15) is 30.6 Å². The molecule has 0 bridgehead atoms. The minimum atomic E-state index is -0.630. The van der Waals surface area contributed by atoms with Gasteiger partial charge in [0.2, 0.25) is 0 Å². The number of hydrogen-bond donors (Lipinski definition) is 1. The molecule has 0 fully saturated rings. The summed E-state index contributed by atoms with van der Waals surface area (Å²) >= 11 is 3.32. The van der Waals surface area contributed by atoms with Crippen LogP contribution in [0.2, 0.25) is 0 Å². The summed E-state index contributed by atoms with van der Waals surface area (Å²) in [5, 5.41) is 2.73. The van der Waals surface area contributed by atoms with Gasteiger partial charge < -0.3 is 10.1 Å². The molecular formula is C14H18BrNO3. The third-order valence-electron chi connectivity index (χ3n) is 3.07. The molecule has 1 amide bonds. The predicted molar refractivity (Wildman–Crippen MR) is 76.9 cm³/mol. The standard InChI is InChI=1S/C14H18BrNO3/c1-4-9(2)12(14(18)19-3)16-13(17)10-7-5-6-8-11(10)15/h5-9,12H,4H2,1-3H3,(H,16,17)/t9-,12+/m0/s1. The summed E-state index contributed by atoms with van der Waals surface area (Å²) in [6.45, 7) is 3.87. The average molecular weight is 328 g/mol. The van der Waals surface area contributed by atoms with Crippen LogP contribution in [-0.2, 0) is 9.53 Å². The SMILES string of the molecule is CC[C@H](C)[C@@H](NC(=O)c1ccccc1Br)C(=O)OC. The molecule has 0 aliphatic carbocycles. The van der Waals surface area contributed by atoms with Crippen molar-refractivity contribution in [1.29, 1.82) is 0 Å². The number of nitrogens with one attached hydrogen (secondary N) is 1. The van der Waals surface area contributed by atoms with Crippen molar-refractivity contribution in [3.63, 3.8) is 0 Å². The summed E-state index contributed by atoms with van der Waals surface area (Å²) in [4.78, 5) is 23.9. The Morgan fingerprint density at radius 3 is 2.53 bits per heavy atom. The lowest BCUT2D eigenvalue weighted by atomic mass is 9.99. The van der Waals surface area contributed by atoms with Gasteiger partial charge in [0.15, 0.2) is 0 Å². The van der Waals surface area contributed by atoms with Gasteiger partial charge in [0.25, 0.3) is 5.91 Å². The van der Waals surface area contributed by atoms with E-state index in [9.17, 15) is 9.59 Å². The van der Waals surface area contributed by atoms with E-state index in [1.807, 2.05) is 19.9 Å². The highest BCUT2D eigenvalue weighted by Gasteiger charge is 2.27. The molecular weight excluding hydrogens is 310 g/mol.